The fourth-order valence-electron chi connectivity index (χ4n) is 19.1. The molecule has 23 unspecified atom stereocenters. The summed E-state index contributed by atoms with van der Waals surface area (Å²) in [6.45, 7) is 61.1. The largest absolute Gasteiger partial charge is 0.373 e. The standard InChI is InChI=1S/C68H122O5P2/c1-39-31-40(61(2,3)4)32-44-45-33-41(62(5,6)7)36-50(65(14,15)16)56(45)71-74(70-55(39)44)53-29-25-27-48-59(53)69-60-49(68(48,23)24)28-26-30-54(60)75-72-57-46(34-42(63(8,9)10)37-51(57)66(17,18)19)47-35-43(64(11,12)13)38-52(58(47)73-75)67(20,21)22/h39-60H,25-38H2,1-24H3. The molecule has 9 rings (SSSR count). The Morgan fingerprint density at radius 1 is 0.333 bits per heavy atom. The maximum absolute atomic E-state index is 8.26. The van der Waals surface area contributed by atoms with E-state index in [4.69, 9.17) is 22.8 Å². The van der Waals surface area contributed by atoms with Crippen LogP contribution < -0.4 is 0 Å². The summed E-state index contributed by atoms with van der Waals surface area (Å²) in [5.41, 5.74) is 2.17. The average Bonchev–Trinajstić information content (AvgIpc) is 3.54. The Bertz CT molecular complexity index is 1890. The minimum Gasteiger partial charge on any atom is -0.373 e. The highest BCUT2D eigenvalue weighted by atomic mass is 31.2. The first kappa shape index (κ1) is 60.3. The van der Waals surface area contributed by atoms with Gasteiger partial charge in [-0.3, -0.25) is 0 Å². The summed E-state index contributed by atoms with van der Waals surface area (Å²) in [7, 11) is -2.44. The van der Waals surface area contributed by atoms with Crippen LogP contribution in [0.4, 0.5) is 0 Å². The predicted octanol–water partition coefficient (Wildman–Crippen LogP) is 20.2. The molecule has 5 nitrogen and oxygen atoms in total. The highest BCUT2D eigenvalue weighted by Crippen LogP contribution is 2.71. The van der Waals surface area contributed by atoms with E-state index in [1.54, 1.807) is 0 Å². The van der Waals surface area contributed by atoms with Crippen LogP contribution in [0, 0.1) is 126 Å². The van der Waals surface area contributed by atoms with Gasteiger partial charge in [-0.2, -0.15) is 0 Å². The van der Waals surface area contributed by atoms with Gasteiger partial charge in [-0.25, -0.2) is 0 Å². The molecule has 75 heavy (non-hydrogen) atoms. The lowest BCUT2D eigenvalue weighted by Gasteiger charge is -2.60. The molecule has 0 amide bonds. The van der Waals surface area contributed by atoms with Crippen LogP contribution in [-0.2, 0) is 22.8 Å². The molecule has 0 spiro atoms. The smallest absolute Gasteiger partial charge is 0.177 e. The highest BCUT2D eigenvalue weighted by Gasteiger charge is 2.64. The average molecular weight is 1080 g/mol. The SMILES string of the molecule is CC1CC(C(C)(C)C)CC2C3CC(C(C)(C)C)CC(C(C)(C)C)C3OP(C3CCCC4C3OC3C(P5OC6C(CC(C(C)(C)C)CC6C(C)(C)C)C6CC(C(C)(C)C)CC(C(C)(C)C)C6O5)CCCC3C4(C)C)OC12. The minimum absolute atomic E-state index is 0.128. The second-order valence-electron chi connectivity index (χ2n) is 36.6. The summed E-state index contributed by atoms with van der Waals surface area (Å²) < 4.78 is 40.8. The molecular weight excluding hydrogens is 959 g/mol. The molecule has 0 aromatic rings. The van der Waals surface area contributed by atoms with E-state index < -0.39 is 16.8 Å². The highest BCUT2D eigenvalue weighted by molar-refractivity contribution is 7.48. The van der Waals surface area contributed by atoms with Gasteiger partial charge in [-0.1, -0.05) is 179 Å². The van der Waals surface area contributed by atoms with E-state index in [0.717, 1.165) is 12.8 Å². The Morgan fingerprint density at radius 3 is 0.907 bits per heavy atom. The normalized spacial score (nSPS) is 47.4. The molecule has 7 heteroatoms. The zero-order chi connectivity index (χ0) is 55.3. The second kappa shape index (κ2) is 20.8. The Kier molecular flexibility index (Phi) is 16.7. The molecule has 9 fully saturated rings. The first-order chi connectivity index (χ1) is 34.3. The molecule has 3 aliphatic heterocycles. The van der Waals surface area contributed by atoms with Crippen molar-refractivity contribution in [3.8, 4) is 0 Å². The van der Waals surface area contributed by atoms with Crippen molar-refractivity contribution in [2.24, 2.45) is 126 Å². The van der Waals surface area contributed by atoms with Crippen molar-refractivity contribution in [3.63, 3.8) is 0 Å². The molecule has 434 valence electrons. The molecule has 0 bridgehead atoms. The topological polar surface area (TPSA) is 46.2 Å². The van der Waals surface area contributed by atoms with Gasteiger partial charge in [0, 0.05) is 0 Å². The van der Waals surface area contributed by atoms with Crippen LogP contribution in [0.15, 0.2) is 0 Å². The van der Waals surface area contributed by atoms with Crippen LogP contribution in [0.1, 0.15) is 256 Å². The van der Waals surface area contributed by atoms with Crippen molar-refractivity contribution in [2.45, 2.75) is 304 Å². The molecule has 0 radical (unpaired) electrons. The van der Waals surface area contributed by atoms with Gasteiger partial charge < -0.3 is 22.8 Å². The fraction of sp³-hybridized carbons (Fsp3) is 1.00. The molecule has 6 saturated carbocycles. The van der Waals surface area contributed by atoms with Gasteiger partial charge in [-0.05, 0) is 203 Å². The summed E-state index contributed by atoms with van der Waals surface area (Å²) in [4.78, 5) is 0. The van der Waals surface area contributed by atoms with Crippen LogP contribution in [-0.4, -0.2) is 47.9 Å². The van der Waals surface area contributed by atoms with Crippen molar-refractivity contribution in [1.29, 1.82) is 0 Å². The number of ether oxygens (including phenoxy) is 1. The monoisotopic (exact) mass is 1080 g/mol. The van der Waals surface area contributed by atoms with E-state index in [9.17, 15) is 0 Å². The molecule has 0 N–H and O–H groups in total. The van der Waals surface area contributed by atoms with E-state index in [0.29, 0.717) is 82.9 Å². The van der Waals surface area contributed by atoms with Crippen molar-refractivity contribution < 1.29 is 22.8 Å². The van der Waals surface area contributed by atoms with Crippen LogP contribution in [0.2, 0.25) is 0 Å². The summed E-state index contributed by atoms with van der Waals surface area (Å²) in [6.07, 6.45) is 18.6. The van der Waals surface area contributed by atoms with Crippen LogP contribution in [0.3, 0.4) is 0 Å². The third-order valence-electron chi connectivity index (χ3n) is 24.5. The summed E-state index contributed by atoms with van der Waals surface area (Å²) in [5, 5.41) is 0. The second-order valence-corrected chi connectivity index (χ2v) is 39.9. The van der Waals surface area contributed by atoms with E-state index in [1.165, 1.54) is 77.0 Å². The van der Waals surface area contributed by atoms with E-state index >= 15 is 0 Å². The quantitative estimate of drug-likeness (QED) is 0.258. The van der Waals surface area contributed by atoms with Crippen LogP contribution in [0.5, 0.6) is 0 Å². The van der Waals surface area contributed by atoms with Gasteiger partial charge in [0.25, 0.3) is 0 Å². The van der Waals surface area contributed by atoms with Crippen LogP contribution in [0.25, 0.3) is 0 Å². The van der Waals surface area contributed by atoms with Gasteiger partial charge in [0.2, 0.25) is 0 Å². The molecule has 3 heterocycles. The summed E-state index contributed by atoms with van der Waals surface area (Å²) in [5.74, 6) is 7.79. The van der Waals surface area contributed by atoms with Gasteiger partial charge in [0.1, 0.15) is 0 Å². The number of hydrogen-bond donors (Lipinski definition) is 0. The summed E-state index contributed by atoms with van der Waals surface area (Å²) in [6, 6.07) is 0. The number of rotatable bonds is 2. The molecule has 3 saturated heterocycles. The third-order valence-corrected chi connectivity index (χ3v) is 28.5. The van der Waals surface area contributed by atoms with Gasteiger partial charge in [0.15, 0.2) is 16.8 Å². The van der Waals surface area contributed by atoms with Gasteiger partial charge in [0.05, 0.1) is 47.9 Å². The molecule has 0 aromatic heterocycles. The predicted molar refractivity (Wildman–Crippen MR) is 319 cm³/mol. The van der Waals surface area contributed by atoms with Crippen molar-refractivity contribution in [2.75, 3.05) is 0 Å². The fourth-order valence-corrected chi connectivity index (χ4v) is 23.9. The van der Waals surface area contributed by atoms with E-state index in [2.05, 4.69) is 166 Å². The van der Waals surface area contributed by atoms with Gasteiger partial charge >= 0.3 is 0 Å². The Labute approximate surface area is 467 Å². The zero-order valence-electron chi connectivity index (χ0n) is 53.5. The Morgan fingerprint density at radius 2 is 0.613 bits per heavy atom. The van der Waals surface area contributed by atoms with E-state index in [1.807, 2.05) is 0 Å². The van der Waals surface area contributed by atoms with E-state index in [-0.39, 0.29) is 91.3 Å². The summed E-state index contributed by atoms with van der Waals surface area (Å²) >= 11 is 0. The number of hydrogen-bond acceptors (Lipinski definition) is 5. The van der Waals surface area contributed by atoms with Crippen molar-refractivity contribution in [1.82, 2.24) is 0 Å². The first-order valence-corrected chi connectivity index (χ1v) is 34.7. The Hall–Kier alpha value is 0.660. The first-order valence-electron chi connectivity index (χ1n) is 32.2. The van der Waals surface area contributed by atoms with Gasteiger partial charge in [-0.15, -0.1) is 0 Å². The molecule has 9 aliphatic rings. The van der Waals surface area contributed by atoms with Crippen molar-refractivity contribution in [3.05, 3.63) is 0 Å². The lowest BCUT2D eigenvalue weighted by molar-refractivity contribution is -0.199. The third kappa shape index (κ3) is 11.8. The Balaban J connectivity index is 1.10. The number of fused-ring (bicyclic) bond motifs is 8. The van der Waals surface area contributed by atoms with Crippen LogP contribution >= 0.6 is 16.8 Å². The molecular formula is C68H122O5P2. The maximum Gasteiger partial charge on any atom is 0.177 e. The van der Waals surface area contributed by atoms with Crippen molar-refractivity contribution >= 4 is 16.8 Å². The maximum atomic E-state index is 8.26. The molecule has 0 aromatic carbocycles. The molecule has 23 atom stereocenters. The zero-order valence-corrected chi connectivity index (χ0v) is 55.3. The molecule has 6 aliphatic carbocycles. The lowest BCUT2D eigenvalue weighted by atomic mass is 9.52. The lowest BCUT2D eigenvalue weighted by Crippen LogP contribution is -2.61. The minimum atomic E-state index is -1.24.